The number of amides is 1. The number of hydrogen-bond donors (Lipinski definition) is 1. The number of hydrogen-bond acceptors (Lipinski definition) is 2. The van der Waals surface area contributed by atoms with Crippen LogP contribution in [0.2, 0.25) is 0 Å². The summed E-state index contributed by atoms with van der Waals surface area (Å²) < 4.78 is 6.16. The average Bonchev–Trinajstić information content (AvgIpc) is 2.47. The first-order chi connectivity index (χ1) is 9.65. The Morgan fingerprint density at radius 2 is 1.95 bits per heavy atom. The number of halogens is 1. The van der Waals surface area contributed by atoms with Crippen LogP contribution in [0.4, 0.5) is 4.79 Å². The zero-order valence-electron chi connectivity index (χ0n) is 11.2. The second-order valence-electron chi connectivity index (χ2n) is 4.49. The summed E-state index contributed by atoms with van der Waals surface area (Å²) in [6.07, 6.45) is -0.409. The molecule has 0 saturated carbocycles. The van der Waals surface area contributed by atoms with Gasteiger partial charge in [-0.1, -0.05) is 52.3 Å². The molecule has 20 heavy (non-hydrogen) atoms. The quantitative estimate of drug-likeness (QED) is 0.911. The zero-order chi connectivity index (χ0) is 14.4. The minimum absolute atomic E-state index is 0.282. The number of nitrogens with one attached hydrogen (secondary N) is 1. The molecule has 1 N–H and O–H groups in total. The lowest BCUT2D eigenvalue weighted by Gasteiger charge is -2.09. The predicted molar refractivity (Wildman–Crippen MR) is 82.3 cm³/mol. The Bertz CT molecular complexity index is 584. The molecule has 2 aromatic carbocycles. The molecule has 0 saturated heterocycles. The van der Waals surface area contributed by atoms with E-state index in [-0.39, 0.29) is 6.61 Å². The van der Waals surface area contributed by atoms with Crippen LogP contribution in [0.5, 0.6) is 0 Å². The molecule has 0 radical (unpaired) electrons. The molecule has 2 aromatic rings. The van der Waals surface area contributed by atoms with Gasteiger partial charge < -0.3 is 10.1 Å². The van der Waals surface area contributed by atoms with Gasteiger partial charge in [-0.05, 0) is 35.7 Å². The van der Waals surface area contributed by atoms with Gasteiger partial charge in [0, 0.05) is 11.0 Å². The molecule has 0 bridgehead atoms. The first kappa shape index (κ1) is 14.6. The van der Waals surface area contributed by atoms with Crippen LogP contribution < -0.4 is 5.32 Å². The Kier molecular flexibility index (Phi) is 5.18. The summed E-state index contributed by atoms with van der Waals surface area (Å²) in [5, 5.41) is 2.76. The molecule has 0 aliphatic heterocycles. The smallest absolute Gasteiger partial charge is 0.407 e. The van der Waals surface area contributed by atoms with Crippen LogP contribution in [-0.4, -0.2) is 6.09 Å². The lowest BCUT2D eigenvalue weighted by atomic mass is 10.1. The van der Waals surface area contributed by atoms with Gasteiger partial charge in [-0.15, -0.1) is 0 Å². The highest BCUT2D eigenvalue weighted by Crippen LogP contribution is 2.15. The van der Waals surface area contributed by atoms with E-state index in [4.69, 9.17) is 4.74 Å². The van der Waals surface area contributed by atoms with Crippen LogP contribution in [0.15, 0.2) is 53.0 Å². The number of rotatable bonds is 4. The lowest BCUT2D eigenvalue weighted by Crippen LogP contribution is -2.24. The fourth-order valence-corrected chi connectivity index (χ4v) is 2.18. The summed E-state index contributed by atoms with van der Waals surface area (Å²) in [5.41, 5.74) is 3.17. The number of carbonyl (C=O) groups is 1. The highest BCUT2D eigenvalue weighted by Gasteiger charge is 2.04. The minimum Gasteiger partial charge on any atom is -0.445 e. The molecule has 0 aliphatic rings. The summed E-state index contributed by atoms with van der Waals surface area (Å²) >= 11 is 3.42. The van der Waals surface area contributed by atoms with Crippen LogP contribution >= 0.6 is 15.9 Å². The SMILES string of the molecule is Cc1ccc(Br)cc1CNC(=O)OCc1ccccc1. The van der Waals surface area contributed by atoms with Crippen molar-refractivity contribution in [3.63, 3.8) is 0 Å². The van der Waals surface area contributed by atoms with Gasteiger partial charge >= 0.3 is 6.09 Å². The van der Waals surface area contributed by atoms with Gasteiger partial charge in [0.1, 0.15) is 6.61 Å². The fourth-order valence-electron chi connectivity index (χ4n) is 1.77. The van der Waals surface area contributed by atoms with E-state index in [0.717, 1.165) is 21.2 Å². The summed E-state index contributed by atoms with van der Waals surface area (Å²) in [6.45, 7) is 2.75. The molecule has 0 spiro atoms. The van der Waals surface area contributed by atoms with E-state index >= 15 is 0 Å². The zero-order valence-corrected chi connectivity index (χ0v) is 12.8. The van der Waals surface area contributed by atoms with Gasteiger partial charge in [-0.25, -0.2) is 4.79 Å². The number of aryl methyl sites for hydroxylation is 1. The Morgan fingerprint density at radius 1 is 1.20 bits per heavy atom. The van der Waals surface area contributed by atoms with E-state index in [1.54, 1.807) is 0 Å². The third-order valence-corrected chi connectivity index (χ3v) is 3.44. The first-order valence-corrected chi connectivity index (χ1v) is 7.14. The van der Waals surface area contributed by atoms with Crippen molar-refractivity contribution in [1.29, 1.82) is 0 Å². The molecular formula is C16H16BrNO2. The molecule has 0 heterocycles. The van der Waals surface area contributed by atoms with Crippen molar-refractivity contribution in [2.24, 2.45) is 0 Å². The lowest BCUT2D eigenvalue weighted by molar-refractivity contribution is 0.139. The van der Waals surface area contributed by atoms with E-state index in [2.05, 4.69) is 21.2 Å². The van der Waals surface area contributed by atoms with Crippen LogP contribution in [0.25, 0.3) is 0 Å². The van der Waals surface area contributed by atoms with Crippen molar-refractivity contribution >= 4 is 22.0 Å². The van der Waals surface area contributed by atoms with E-state index in [9.17, 15) is 4.79 Å². The summed E-state index contributed by atoms with van der Waals surface area (Å²) in [7, 11) is 0. The molecule has 3 nitrogen and oxygen atoms in total. The third kappa shape index (κ3) is 4.38. The third-order valence-electron chi connectivity index (χ3n) is 2.95. The van der Waals surface area contributed by atoms with Crippen molar-refractivity contribution in [1.82, 2.24) is 5.32 Å². The Balaban J connectivity index is 1.82. The van der Waals surface area contributed by atoms with Crippen molar-refractivity contribution in [3.05, 3.63) is 69.7 Å². The van der Waals surface area contributed by atoms with E-state index in [1.807, 2.05) is 55.5 Å². The van der Waals surface area contributed by atoms with Crippen LogP contribution in [0.3, 0.4) is 0 Å². The van der Waals surface area contributed by atoms with Crippen molar-refractivity contribution in [3.8, 4) is 0 Å². The van der Waals surface area contributed by atoms with Gasteiger partial charge in [-0.2, -0.15) is 0 Å². The first-order valence-electron chi connectivity index (χ1n) is 6.35. The molecule has 104 valence electrons. The van der Waals surface area contributed by atoms with Crippen LogP contribution in [0, 0.1) is 6.92 Å². The topological polar surface area (TPSA) is 38.3 Å². The maximum absolute atomic E-state index is 11.6. The predicted octanol–water partition coefficient (Wildman–Crippen LogP) is 4.18. The normalized spacial score (nSPS) is 10.1. The van der Waals surface area contributed by atoms with E-state index in [0.29, 0.717) is 6.54 Å². The summed E-state index contributed by atoms with van der Waals surface area (Å²) in [6, 6.07) is 15.6. The van der Waals surface area contributed by atoms with Crippen molar-refractivity contribution in [2.75, 3.05) is 0 Å². The second kappa shape index (κ2) is 7.10. The molecule has 2 rings (SSSR count). The molecular weight excluding hydrogens is 318 g/mol. The molecule has 1 amide bonds. The highest BCUT2D eigenvalue weighted by atomic mass is 79.9. The van der Waals surface area contributed by atoms with Crippen molar-refractivity contribution in [2.45, 2.75) is 20.1 Å². The maximum atomic E-state index is 11.6. The number of carbonyl (C=O) groups excluding carboxylic acids is 1. The molecule has 0 aromatic heterocycles. The maximum Gasteiger partial charge on any atom is 0.407 e. The molecule has 0 fully saturated rings. The minimum atomic E-state index is -0.409. The van der Waals surface area contributed by atoms with E-state index in [1.165, 1.54) is 0 Å². The van der Waals surface area contributed by atoms with Gasteiger partial charge in [-0.3, -0.25) is 0 Å². The molecule has 0 atom stereocenters. The standard InChI is InChI=1S/C16H16BrNO2/c1-12-7-8-15(17)9-14(12)10-18-16(19)20-11-13-5-3-2-4-6-13/h2-9H,10-11H2,1H3,(H,18,19). The fraction of sp³-hybridized carbons (Fsp3) is 0.188. The highest BCUT2D eigenvalue weighted by molar-refractivity contribution is 9.10. The monoisotopic (exact) mass is 333 g/mol. The average molecular weight is 334 g/mol. The van der Waals surface area contributed by atoms with Crippen molar-refractivity contribution < 1.29 is 9.53 Å². The largest absolute Gasteiger partial charge is 0.445 e. The van der Waals surface area contributed by atoms with E-state index < -0.39 is 6.09 Å². The van der Waals surface area contributed by atoms with Crippen LogP contribution in [0.1, 0.15) is 16.7 Å². The Labute approximate surface area is 127 Å². The number of alkyl carbamates (subject to hydrolysis) is 1. The second-order valence-corrected chi connectivity index (χ2v) is 5.40. The number of benzene rings is 2. The van der Waals surface area contributed by atoms with Gasteiger partial charge in [0.25, 0.3) is 0 Å². The Morgan fingerprint density at radius 3 is 2.70 bits per heavy atom. The van der Waals surface area contributed by atoms with Gasteiger partial charge in [0.2, 0.25) is 0 Å². The summed E-state index contributed by atoms with van der Waals surface area (Å²) in [4.78, 5) is 11.6. The molecule has 4 heteroatoms. The van der Waals surface area contributed by atoms with Gasteiger partial charge in [0.15, 0.2) is 0 Å². The Hall–Kier alpha value is -1.81. The number of ether oxygens (including phenoxy) is 1. The summed E-state index contributed by atoms with van der Waals surface area (Å²) in [5.74, 6) is 0. The molecule has 0 aliphatic carbocycles. The van der Waals surface area contributed by atoms with Gasteiger partial charge in [0.05, 0.1) is 0 Å². The van der Waals surface area contributed by atoms with Crippen LogP contribution in [-0.2, 0) is 17.9 Å². The molecule has 0 unspecified atom stereocenters.